The number of carbonyl (C=O) groups excluding carboxylic acids is 1. The van der Waals surface area contributed by atoms with Crippen LogP contribution in [0.4, 0.5) is 4.79 Å². The van der Waals surface area contributed by atoms with Gasteiger partial charge in [-0.05, 0) is 24.8 Å². The van der Waals surface area contributed by atoms with Crippen molar-refractivity contribution in [2.24, 2.45) is 5.73 Å². The smallest absolute Gasteiger partial charge is 0.324 e. The first-order valence-corrected chi connectivity index (χ1v) is 3.95. The van der Waals surface area contributed by atoms with Gasteiger partial charge >= 0.3 is 6.03 Å². The molecule has 0 radical (unpaired) electrons. The molecule has 52 valence electrons. The van der Waals surface area contributed by atoms with Crippen LogP contribution in [0.1, 0.15) is 12.8 Å². The molecule has 4 heteroatoms. The molecule has 3 nitrogen and oxygen atoms in total. The highest BCUT2D eigenvalue weighted by Gasteiger charge is 2.13. The lowest BCUT2D eigenvalue weighted by atomic mass is 10.3. The molecule has 1 aliphatic rings. The van der Waals surface area contributed by atoms with Gasteiger partial charge in [-0.25, -0.2) is 4.79 Å². The standard InChI is InChI=1S/C5H10N2OS/c6-5(8)7-3-1-2-4-9-7/h1-4H2,(H2,6,8). The van der Waals surface area contributed by atoms with Crippen molar-refractivity contribution in [2.45, 2.75) is 12.8 Å². The number of nitrogens with zero attached hydrogens (tertiary/aromatic N) is 1. The number of amides is 2. The maximum atomic E-state index is 10.5. The van der Waals surface area contributed by atoms with Crippen LogP contribution in [0.25, 0.3) is 0 Å². The zero-order valence-electron chi connectivity index (χ0n) is 5.17. The highest BCUT2D eigenvalue weighted by molar-refractivity contribution is 7.97. The molecule has 9 heavy (non-hydrogen) atoms. The minimum Gasteiger partial charge on any atom is -0.351 e. The molecule has 0 unspecified atom stereocenters. The summed E-state index contributed by atoms with van der Waals surface area (Å²) in [6.07, 6.45) is 2.30. The van der Waals surface area contributed by atoms with E-state index in [-0.39, 0.29) is 6.03 Å². The fourth-order valence-electron chi connectivity index (χ4n) is 0.771. The minimum atomic E-state index is -0.306. The molecule has 2 amide bonds. The lowest BCUT2D eigenvalue weighted by Gasteiger charge is -2.22. The summed E-state index contributed by atoms with van der Waals surface area (Å²) in [4.78, 5) is 10.5. The SMILES string of the molecule is NC(=O)N1CCCCS1. The first-order valence-electron chi connectivity index (χ1n) is 3.00. The number of hydrogen-bond acceptors (Lipinski definition) is 2. The number of rotatable bonds is 0. The normalized spacial score (nSPS) is 19.8. The molecule has 1 saturated heterocycles. The first-order chi connectivity index (χ1) is 4.30. The summed E-state index contributed by atoms with van der Waals surface area (Å²) in [7, 11) is 0. The van der Waals surface area contributed by atoms with Gasteiger partial charge in [-0.2, -0.15) is 0 Å². The lowest BCUT2D eigenvalue weighted by Crippen LogP contribution is -2.33. The molecule has 1 fully saturated rings. The fourth-order valence-corrected chi connectivity index (χ4v) is 1.71. The number of primary amides is 1. The van der Waals surface area contributed by atoms with Crippen molar-refractivity contribution in [1.29, 1.82) is 0 Å². The number of nitrogens with two attached hydrogens (primary N) is 1. The van der Waals surface area contributed by atoms with E-state index in [4.69, 9.17) is 5.73 Å². The molecule has 2 N–H and O–H groups in total. The van der Waals surface area contributed by atoms with Gasteiger partial charge in [-0.15, -0.1) is 0 Å². The van der Waals surface area contributed by atoms with E-state index in [0.717, 1.165) is 18.7 Å². The van der Waals surface area contributed by atoms with E-state index in [1.54, 1.807) is 4.31 Å². The van der Waals surface area contributed by atoms with Gasteiger partial charge in [0.05, 0.1) is 0 Å². The average molecular weight is 146 g/mol. The van der Waals surface area contributed by atoms with Gasteiger partial charge in [0, 0.05) is 12.3 Å². The van der Waals surface area contributed by atoms with Crippen molar-refractivity contribution in [3.63, 3.8) is 0 Å². The molecule has 0 aromatic rings. The first kappa shape index (κ1) is 6.74. The summed E-state index contributed by atoms with van der Waals surface area (Å²) in [6.45, 7) is 0.819. The van der Waals surface area contributed by atoms with Crippen molar-refractivity contribution >= 4 is 18.0 Å². The van der Waals surface area contributed by atoms with Gasteiger partial charge < -0.3 is 5.73 Å². The monoisotopic (exact) mass is 146 g/mol. The van der Waals surface area contributed by atoms with Gasteiger partial charge in [-0.1, -0.05) is 0 Å². The Bertz CT molecular complexity index is 112. The van der Waals surface area contributed by atoms with E-state index in [9.17, 15) is 4.79 Å². The molecule has 0 atom stereocenters. The summed E-state index contributed by atoms with van der Waals surface area (Å²) < 4.78 is 1.61. The van der Waals surface area contributed by atoms with E-state index >= 15 is 0 Å². The lowest BCUT2D eigenvalue weighted by molar-refractivity contribution is 0.233. The van der Waals surface area contributed by atoms with Crippen LogP contribution in [0.15, 0.2) is 0 Å². The molecule has 1 heterocycles. The fraction of sp³-hybridized carbons (Fsp3) is 0.800. The second-order valence-corrected chi connectivity index (χ2v) is 3.09. The average Bonchev–Trinajstić information content (AvgIpc) is 1.90. The van der Waals surface area contributed by atoms with Crippen LogP contribution < -0.4 is 5.73 Å². The van der Waals surface area contributed by atoms with Crippen LogP contribution in [-0.4, -0.2) is 22.6 Å². The minimum absolute atomic E-state index is 0.306. The maximum Gasteiger partial charge on any atom is 0.324 e. The number of hydrogen-bond donors (Lipinski definition) is 1. The molecular formula is C5H10N2OS. The van der Waals surface area contributed by atoms with Crippen LogP contribution in [0.5, 0.6) is 0 Å². The zero-order chi connectivity index (χ0) is 6.69. The van der Waals surface area contributed by atoms with E-state index < -0.39 is 0 Å². The molecule has 0 bridgehead atoms. The van der Waals surface area contributed by atoms with Crippen molar-refractivity contribution in [2.75, 3.05) is 12.3 Å². The Morgan fingerprint density at radius 1 is 1.56 bits per heavy atom. The van der Waals surface area contributed by atoms with E-state index in [0.29, 0.717) is 0 Å². The maximum absolute atomic E-state index is 10.5. The molecule has 0 aliphatic carbocycles. The highest BCUT2D eigenvalue weighted by atomic mass is 32.2. The molecule has 0 aromatic carbocycles. The Balaban J connectivity index is 2.31. The van der Waals surface area contributed by atoms with E-state index in [2.05, 4.69) is 0 Å². The number of urea groups is 1. The van der Waals surface area contributed by atoms with E-state index in [1.165, 1.54) is 18.4 Å². The summed E-state index contributed by atoms with van der Waals surface area (Å²) in [6, 6.07) is -0.306. The van der Waals surface area contributed by atoms with Crippen LogP contribution in [0.3, 0.4) is 0 Å². The Morgan fingerprint density at radius 2 is 2.33 bits per heavy atom. The molecule has 0 saturated carbocycles. The predicted octanol–water partition coefficient (Wildman–Crippen LogP) is 0.809. The van der Waals surface area contributed by atoms with Gasteiger partial charge in [0.2, 0.25) is 0 Å². The molecule has 1 aliphatic heterocycles. The van der Waals surface area contributed by atoms with Gasteiger partial charge in [-0.3, -0.25) is 4.31 Å². The molecule has 0 spiro atoms. The Kier molecular flexibility index (Phi) is 2.22. The van der Waals surface area contributed by atoms with E-state index in [1.807, 2.05) is 0 Å². The highest BCUT2D eigenvalue weighted by Crippen LogP contribution is 2.18. The Hall–Kier alpha value is -0.380. The second kappa shape index (κ2) is 2.96. The summed E-state index contributed by atoms with van der Waals surface area (Å²) in [5.41, 5.74) is 5.03. The van der Waals surface area contributed by atoms with Crippen molar-refractivity contribution in [3.05, 3.63) is 0 Å². The molecule has 0 aromatic heterocycles. The molecular weight excluding hydrogens is 136 g/mol. The van der Waals surface area contributed by atoms with Crippen LogP contribution in [0.2, 0.25) is 0 Å². The Morgan fingerprint density at radius 3 is 2.67 bits per heavy atom. The summed E-state index contributed by atoms with van der Waals surface area (Å²) >= 11 is 1.53. The predicted molar refractivity (Wildman–Crippen MR) is 38.0 cm³/mol. The molecule has 1 rings (SSSR count). The van der Waals surface area contributed by atoms with Crippen molar-refractivity contribution in [3.8, 4) is 0 Å². The largest absolute Gasteiger partial charge is 0.351 e. The van der Waals surface area contributed by atoms with Gasteiger partial charge in [0.15, 0.2) is 0 Å². The summed E-state index contributed by atoms with van der Waals surface area (Å²) in [5, 5.41) is 0. The van der Waals surface area contributed by atoms with Crippen molar-refractivity contribution < 1.29 is 4.79 Å². The van der Waals surface area contributed by atoms with Crippen LogP contribution in [-0.2, 0) is 0 Å². The van der Waals surface area contributed by atoms with Crippen LogP contribution >= 0.6 is 11.9 Å². The van der Waals surface area contributed by atoms with Gasteiger partial charge in [0.25, 0.3) is 0 Å². The Labute approximate surface area is 58.7 Å². The van der Waals surface area contributed by atoms with Crippen molar-refractivity contribution in [1.82, 2.24) is 4.31 Å². The van der Waals surface area contributed by atoms with Crippen LogP contribution in [0, 0.1) is 0 Å². The third kappa shape index (κ3) is 1.78. The second-order valence-electron chi connectivity index (χ2n) is 1.98. The topological polar surface area (TPSA) is 46.3 Å². The third-order valence-electron chi connectivity index (χ3n) is 1.25. The third-order valence-corrected chi connectivity index (χ3v) is 2.39. The van der Waals surface area contributed by atoms with Gasteiger partial charge in [0.1, 0.15) is 0 Å². The quantitative estimate of drug-likeness (QED) is 0.514. The number of carbonyl (C=O) groups is 1. The summed E-state index contributed by atoms with van der Waals surface area (Å²) in [5.74, 6) is 1.03. The zero-order valence-corrected chi connectivity index (χ0v) is 5.99.